The van der Waals surface area contributed by atoms with Gasteiger partial charge >= 0.3 is 0 Å². The first kappa shape index (κ1) is 18.6. The van der Waals surface area contributed by atoms with Crippen molar-refractivity contribution in [1.82, 2.24) is 4.31 Å². The van der Waals surface area contributed by atoms with Crippen molar-refractivity contribution in [3.8, 4) is 0 Å². The minimum Gasteiger partial charge on any atom is -0.326 e. The molecule has 0 radical (unpaired) electrons. The summed E-state index contributed by atoms with van der Waals surface area (Å²) in [7, 11) is -3.29. The maximum Gasteiger partial charge on any atom is 0.227 e. The van der Waals surface area contributed by atoms with E-state index in [-0.39, 0.29) is 17.6 Å². The Labute approximate surface area is 155 Å². The zero-order valence-corrected chi connectivity index (χ0v) is 15.5. The molecule has 1 saturated heterocycles. The number of aryl methyl sites for hydroxylation is 1. The van der Waals surface area contributed by atoms with Crippen molar-refractivity contribution >= 4 is 21.6 Å². The summed E-state index contributed by atoms with van der Waals surface area (Å²) >= 11 is 0. The van der Waals surface area contributed by atoms with Crippen LogP contribution in [0.25, 0.3) is 0 Å². The Kier molecular flexibility index (Phi) is 6.06. The fraction of sp³-hybridized carbons (Fsp3) is 0.350. The van der Waals surface area contributed by atoms with E-state index in [1.807, 2.05) is 60.7 Å². The summed E-state index contributed by atoms with van der Waals surface area (Å²) in [6.45, 7) is 0.813. The standard InChI is InChI=1S/C20H24N2O3S/c23-20(21-19-9-5-2-6-10-19)18-11-14-22(15-12-18)26(24,25)16-13-17-7-3-1-4-8-17/h1-10,18H,11-16H2,(H,21,23). The molecule has 0 spiro atoms. The minimum atomic E-state index is -3.29. The third-order valence-corrected chi connectivity index (χ3v) is 6.62. The molecule has 0 aromatic heterocycles. The quantitative estimate of drug-likeness (QED) is 0.848. The first-order valence-electron chi connectivity index (χ1n) is 8.92. The molecule has 0 saturated carbocycles. The molecule has 1 N–H and O–H groups in total. The van der Waals surface area contributed by atoms with E-state index < -0.39 is 10.0 Å². The van der Waals surface area contributed by atoms with Crippen LogP contribution in [0.2, 0.25) is 0 Å². The largest absolute Gasteiger partial charge is 0.326 e. The number of sulfonamides is 1. The van der Waals surface area contributed by atoms with Crippen molar-refractivity contribution in [3.63, 3.8) is 0 Å². The summed E-state index contributed by atoms with van der Waals surface area (Å²) in [5, 5.41) is 2.90. The summed E-state index contributed by atoms with van der Waals surface area (Å²) < 4.78 is 26.6. The summed E-state index contributed by atoms with van der Waals surface area (Å²) in [4.78, 5) is 12.4. The van der Waals surface area contributed by atoms with Crippen LogP contribution in [0.1, 0.15) is 18.4 Å². The van der Waals surface area contributed by atoms with Crippen LogP contribution in [0.5, 0.6) is 0 Å². The number of anilines is 1. The van der Waals surface area contributed by atoms with Crippen molar-refractivity contribution in [3.05, 3.63) is 66.2 Å². The van der Waals surface area contributed by atoms with E-state index in [0.717, 1.165) is 11.3 Å². The highest BCUT2D eigenvalue weighted by Gasteiger charge is 2.30. The zero-order chi connectivity index (χ0) is 18.4. The second kappa shape index (κ2) is 8.47. The van der Waals surface area contributed by atoms with E-state index in [1.54, 1.807) is 0 Å². The minimum absolute atomic E-state index is 0.0301. The van der Waals surface area contributed by atoms with Gasteiger partial charge in [0.1, 0.15) is 0 Å². The fourth-order valence-corrected chi connectivity index (χ4v) is 4.70. The van der Waals surface area contributed by atoms with E-state index in [9.17, 15) is 13.2 Å². The molecule has 1 heterocycles. The van der Waals surface area contributed by atoms with Gasteiger partial charge in [-0.3, -0.25) is 4.79 Å². The van der Waals surface area contributed by atoms with Gasteiger partial charge < -0.3 is 5.32 Å². The Hall–Kier alpha value is -2.18. The maximum atomic E-state index is 12.6. The average molecular weight is 372 g/mol. The molecule has 0 atom stereocenters. The molecule has 1 aliphatic heterocycles. The number of piperidine rings is 1. The highest BCUT2D eigenvalue weighted by Crippen LogP contribution is 2.22. The van der Waals surface area contributed by atoms with Crippen molar-refractivity contribution in [2.45, 2.75) is 19.3 Å². The SMILES string of the molecule is O=C(Nc1ccccc1)C1CCN(S(=O)(=O)CCc2ccccc2)CC1. The van der Waals surface area contributed by atoms with Crippen LogP contribution in [0.3, 0.4) is 0 Å². The summed E-state index contributed by atoms with van der Waals surface area (Å²) in [6.07, 6.45) is 1.63. The van der Waals surface area contributed by atoms with E-state index >= 15 is 0 Å². The first-order chi connectivity index (χ1) is 12.5. The number of amides is 1. The lowest BCUT2D eigenvalue weighted by atomic mass is 9.97. The number of hydrogen-bond acceptors (Lipinski definition) is 3. The van der Waals surface area contributed by atoms with Crippen LogP contribution in [-0.2, 0) is 21.2 Å². The molecule has 26 heavy (non-hydrogen) atoms. The normalized spacial score (nSPS) is 16.3. The average Bonchev–Trinajstić information content (AvgIpc) is 2.68. The Morgan fingerprint density at radius 3 is 2.15 bits per heavy atom. The zero-order valence-electron chi connectivity index (χ0n) is 14.7. The summed E-state index contributed by atoms with van der Waals surface area (Å²) in [5.74, 6) is -0.0638. The van der Waals surface area contributed by atoms with Crippen LogP contribution in [0.15, 0.2) is 60.7 Å². The molecule has 2 aromatic rings. The molecular formula is C20H24N2O3S. The van der Waals surface area contributed by atoms with Crippen molar-refractivity contribution in [2.24, 2.45) is 5.92 Å². The van der Waals surface area contributed by atoms with Crippen LogP contribution in [0, 0.1) is 5.92 Å². The van der Waals surface area contributed by atoms with Crippen LogP contribution in [-0.4, -0.2) is 37.5 Å². The molecule has 0 bridgehead atoms. The maximum absolute atomic E-state index is 12.6. The molecule has 1 aliphatic rings. The number of carbonyl (C=O) groups excluding carboxylic acids is 1. The van der Waals surface area contributed by atoms with Gasteiger partial charge in [0.25, 0.3) is 0 Å². The number of benzene rings is 2. The van der Waals surface area contributed by atoms with Gasteiger partial charge in [0.15, 0.2) is 0 Å². The Morgan fingerprint density at radius 1 is 0.962 bits per heavy atom. The van der Waals surface area contributed by atoms with E-state index in [1.165, 1.54) is 4.31 Å². The molecule has 3 rings (SSSR count). The molecule has 0 aliphatic carbocycles. The second-order valence-electron chi connectivity index (χ2n) is 6.58. The molecule has 6 heteroatoms. The van der Waals surface area contributed by atoms with Crippen molar-refractivity contribution in [1.29, 1.82) is 0 Å². The molecule has 2 aromatic carbocycles. The first-order valence-corrected chi connectivity index (χ1v) is 10.5. The van der Waals surface area contributed by atoms with Gasteiger partial charge in [0, 0.05) is 24.7 Å². The highest BCUT2D eigenvalue weighted by atomic mass is 32.2. The molecule has 5 nitrogen and oxygen atoms in total. The number of carbonyl (C=O) groups is 1. The van der Waals surface area contributed by atoms with E-state index in [2.05, 4.69) is 5.32 Å². The molecule has 1 amide bonds. The van der Waals surface area contributed by atoms with Gasteiger partial charge in [0.2, 0.25) is 15.9 Å². The number of para-hydroxylation sites is 1. The lowest BCUT2D eigenvalue weighted by Crippen LogP contribution is -2.42. The van der Waals surface area contributed by atoms with E-state index in [4.69, 9.17) is 0 Å². The topological polar surface area (TPSA) is 66.5 Å². The number of hydrogen-bond donors (Lipinski definition) is 1. The predicted molar refractivity (Wildman–Crippen MR) is 103 cm³/mol. The monoisotopic (exact) mass is 372 g/mol. The molecule has 0 unspecified atom stereocenters. The Balaban J connectivity index is 1.50. The van der Waals surface area contributed by atoms with Gasteiger partial charge in [-0.15, -0.1) is 0 Å². The van der Waals surface area contributed by atoms with Gasteiger partial charge in [0.05, 0.1) is 5.75 Å². The summed E-state index contributed by atoms with van der Waals surface area (Å²) in [5.41, 5.74) is 1.80. The highest BCUT2D eigenvalue weighted by molar-refractivity contribution is 7.89. The lowest BCUT2D eigenvalue weighted by Gasteiger charge is -2.30. The molecular weight excluding hydrogens is 348 g/mol. The van der Waals surface area contributed by atoms with Crippen LogP contribution < -0.4 is 5.32 Å². The predicted octanol–water partition coefficient (Wildman–Crippen LogP) is 2.91. The Bertz CT molecular complexity index is 815. The van der Waals surface area contributed by atoms with Gasteiger partial charge in [-0.25, -0.2) is 12.7 Å². The molecule has 138 valence electrons. The van der Waals surface area contributed by atoms with Gasteiger partial charge in [-0.05, 0) is 37.0 Å². The second-order valence-corrected chi connectivity index (χ2v) is 8.67. The van der Waals surface area contributed by atoms with Crippen LogP contribution >= 0.6 is 0 Å². The molecule has 1 fully saturated rings. The van der Waals surface area contributed by atoms with Crippen molar-refractivity contribution < 1.29 is 13.2 Å². The number of nitrogens with zero attached hydrogens (tertiary/aromatic N) is 1. The summed E-state index contributed by atoms with van der Waals surface area (Å²) in [6, 6.07) is 19.0. The van der Waals surface area contributed by atoms with E-state index in [0.29, 0.717) is 32.4 Å². The fourth-order valence-electron chi connectivity index (χ4n) is 3.18. The number of nitrogens with one attached hydrogen (secondary N) is 1. The van der Waals surface area contributed by atoms with Crippen molar-refractivity contribution in [2.75, 3.05) is 24.2 Å². The third kappa shape index (κ3) is 4.93. The van der Waals surface area contributed by atoms with Crippen LogP contribution in [0.4, 0.5) is 5.69 Å². The number of rotatable bonds is 6. The smallest absolute Gasteiger partial charge is 0.227 e. The Morgan fingerprint density at radius 2 is 1.54 bits per heavy atom. The lowest BCUT2D eigenvalue weighted by molar-refractivity contribution is -0.120. The third-order valence-electron chi connectivity index (χ3n) is 4.75. The van der Waals surface area contributed by atoms with Gasteiger partial charge in [-0.1, -0.05) is 48.5 Å². The van der Waals surface area contributed by atoms with Gasteiger partial charge in [-0.2, -0.15) is 0 Å².